The van der Waals surface area contributed by atoms with Gasteiger partial charge in [0, 0.05) is 18.6 Å². The van der Waals surface area contributed by atoms with E-state index in [1.165, 1.54) is 29.5 Å². The van der Waals surface area contributed by atoms with E-state index >= 15 is 0 Å². The first-order chi connectivity index (χ1) is 9.28. The smallest absolute Gasteiger partial charge is 0.169 e. The van der Waals surface area contributed by atoms with Crippen LogP contribution in [0, 0.1) is 6.92 Å². The van der Waals surface area contributed by atoms with Crippen molar-refractivity contribution in [2.75, 3.05) is 0 Å². The molecule has 0 radical (unpaired) electrons. The fraction of sp³-hybridized carbons (Fsp3) is 0.278. The van der Waals surface area contributed by atoms with E-state index in [-0.39, 0.29) is 0 Å². The molecule has 0 aliphatic rings. The molecule has 0 saturated carbocycles. The predicted octanol–water partition coefficient (Wildman–Crippen LogP) is 4.25. The van der Waals surface area contributed by atoms with Gasteiger partial charge in [-0.1, -0.05) is 55.3 Å². The van der Waals surface area contributed by atoms with Gasteiger partial charge in [0.25, 0.3) is 0 Å². The monoisotopic (exact) mass is 252 g/mol. The first kappa shape index (κ1) is 13.5. The maximum Gasteiger partial charge on any atom is 0.169 e. The van der Waals surface area contributed by atoms with E-state index < -0.39 is 0 Å². The number of rotatable bonds is 5. The van der Waals surface area contributed by atoms with E-state index in [0.29, 0.717) is 0 Å². The predicted molar refractivity (Wildman–Crippen MR) is 81.7 cm³/mol. The van der Waals surface area contributed by atoms with Crippen LogP contribution in [0.2, 0.25) is 0 Å². The summed E-state index contributed by atoms with van der Waals surface area (Å²) in [6, 6.07) is 12.9. The zero-order valence-corrected chi connectivity index (χ0v) is 11.8. The molecule has 1 aromatic carbocycles. The summed E-state index contributed by atoms with van der Waals surface area (Å²) in [6.07, 6.45) is 11.1. The van der Waals surface area contributed by atoms with Crippen LogP contribution in [0.3, 0.4) is 0 Å². The Hall–Kier alpha value is -1.89. The average molecular weight is 252 g/mol. The summed E-state index contributed by atoms with van der Waals surface area (Å²) in [5.74, 6) is 0. The normalized spacial score (nSPS) is 11.1. The summed E-state index contributed by atoms with van der Waals surface area (Å²) in [5.41, 5.74) is 3.79. The molecular formula is C18H22N+. The fourth-order valence-electron chi connectivity index (χ4n) is 1.94. The molecule has 0 N–H and O–H groups in total. The van der Waals surface area contributed by atoms with Crippen LogP contribution in [0.25, 0.3) is 12.2 Å². The van der Waals surface area contributed by atoms with E-state index in [0.717, 1.165) is 6.54 Å². The van der Waals surface area contributed by atoms with E-state index in [9.17, 15) is 0 Å². The van der Waals surface area contributed by atoms with Crippen LogP contribution in [0.15, 0.2) is 48.8 Å². The van der Waals surface area contributed by atoms with Gasteiger partial charge in [0.1, 0.15) is 6.54 Å². The summed E-state index contributed by atoms with van der Waals surface area (Å²) in [7, 11) is 0. The zero-order valence-electron chi connectivity index (χ0n) is 11.8. The molecule has 2 rings (SSSR count). The van der Waals surface area contributed by atoms with Crippen LogP contribution < -0.4 is 4.57 Å². The molecule has 19 heavy (non-hydrogen) atoms. The second-order valence-electron chi connectivity index (χ2n) is 4.97. The molecule has 1 nitrogen and oxygen atoms in total. The van der Waals surface area contributed by atoms with Gasteiger partial charge in [-0.2, -0.15) is 0 Å². The SMILES string of the molecule is CCCC[n+]1ccc(C=Cc2ccc(C)cc2)cc1. The number of nitrogens with zero attached hydrogens (tertiary/aromatic N) is 1. The third-order valence-electron chi connectivity index (χ3n) is 3.23. The number of pyridine rings is 1. The molecule has 0 bridgehead atoms. The Labute approximate surface area is 116 Å². The highest BCUT2D eigenvalue weighted by Gasteiger charge is 1.97. The number of aromatic nitrogens is 1. The molecule has 98 valence electrons. The third kappa shape index (κ3) is 4.36. The summed E-state index contributed by atoms with van der Waals surface area (Å²) in [6.45, 7) is 5.44. The molecule has 0 unspecified atom stereocenters. The first-order valence-electron chi connectivity index (χ1n) is 7.02. The Balaban J connectivity index is 2.00. The zero-order chi connectivity index (χ0) is 13.5. The van der Waals surface area contributed by atoms with Crippen molar-refractivity contribution in [3.63, 3.8) is 0 Å². The van der Waals surface area contributed by atoms with Crippen molar-refractivity contribution < 1.29 is 4.57 Å². The third-order valence-corrected chi connectivity index (χ3v) is 3.23. The van der Waals surface area contributed by atoms with Crippen LogP contribution >= 0.6 is 0 Å². The Kier molecular flexibility index (Phi) is 4.91. The molecule has 0 atom stereocenters. The van der Waals surface area contributed by atoms with Gasteiger partial charge in [-0.15, -0.1) is 0 Å². The van der Waals surface area contributed by atoms with Crippen molar-refractivity contribution >= 4 is 12.2 Å². The highest BCUT2D eigenvalue weighted by Crippen LogP contribution is 2.08. The summed E-state index contributed by atoms with van der Waals surface area (Å²) >= 11 is 0. The number of benzene rings is 1. The second kappa shape index (κ2) is 6.89. The van der Waals surface area contributed by atoms with E-state index in [2.05, 4.69) is 79.4 Å². The quantitative estimate of drug-likeness (QED) is 0.700. The lowest BCUT2D eigenvalue weighted by molar-refractivity contribution is -0.697. The topological polar surface area (TPSA) is 3.88 Å². The Morgan fingerprint density at radius 1 is 0.895 bits per heavy atom. The van der Waals surface area contributed by atoms with Crippen LogP contribution in [-0.4, -0.2) is 0 Å². The highest BCUT2D eigenvalue weighted by atomic mass is 14.9. The minimum absolute atomic E-state index is 1.11. The minimum Gasteiger partial charge on any atom is -0.205 e. The fourth-order valence-corrected chi connectivity index (χ4v) is 1.94. The summed E-state index contributed by atoms with van der Waals surface area (Å²) < 4.78 is 2.24. The van der Waals surface area contributed by atoms with Gasteiger partial charge in [0.15, 0.2) is 12.4 Å². The average Bonchev–Trinajstić information content (AvgIpc) is 2.46. The molecular weight excluding hydrogens is 230 g/mol. The summed E-state index contributed by atoms with van der Waals surface area (Å²) in [5, 5.41) is 0. The highest BCUT2D eigenvalue weighted by molar-refractivity contribution is 5.69. The van der Waals surface area contributed by atoms with Gasteiger partial charge in [0.05, 0.1) is 0 Å². The van der Waals surface area contributed by atoms with Crippen molar-refractivity contribution in [3.8, 4) is 0 Å². The van der Waals surface area contributed by atoms with Gasteiger partial charge in [-0.3, -0.25) is 0 Å². The second-order valence-corrected chi connectivity index (χ2v) is 4.97. The molecule has 0 saturated heterocycles. The van der Waals surface area contributed by atoms with E-state index in [1.54, 1.807) is 0 Å². The first-order valence-corrected chi connectivity index (χ1v) is 7.02. The van der Waals surface area contributed by atoms with Crippen LogP contribution in [0.4, 0.5) is 0 Å². The largest absolute Gasteiger partial charge is 0.205 e. The van der Waals surface area contributed by atoms with Crippen molar-refractivity contribution in [2.45, 2.75) is 33.2 Å². The van der Waals surface area contributed by atoms with Crippen LogP contribution in [-0.2, 0) is 6.54 Å². The Bertz CT molecular complexity index is 521. The van der Waals surface area contributed by atoms with E-state index in [4.69, 9.17) is 0 Å². The van der Waals surface area contributed by atoms with Crippen molar-refractivity contribution in [1.29, 1.82) is 0 Å². The molecule has 0 aliphatic carbocycles. The molecule has 0 amide bonds. The number of hydrogen-bond acceptors (Lipinski definition) is 0. The molecule has 1 heterocycles. The lowest BCUT2D eigenvalue weighted by Crippen LogP contribution is -2.32. The Morgan fingerprint density at radius 3 is 2.05 bits per heavy atom. The maximum absolute atomic E-state index is 2.24. The van der Waals surface area contributed by atoms with E-state index in [1.807, 2.05) is 0 Å². The van der Waals surface area contributed by atoms with Crippen molar-refractivity contribution in [2.24, 2.45) is 0 Å². The van der Waals surface area contributed by atoms with Gasteiger partial charge >= 0.3 is 0 Å². The summed E-state index contributed by atoms with van der Waals surface area (Å²) in [4.78, 5) is 0. The number of unbranched alkanes of at least 4 members (excludes halogenated alkanes) is 1. The minimum atomic E-state index is 1.11. The molecule has 1 aromatic heterocycles. The Morgan fingerprint density at radius 2 is 1.47 bits per heavy atom. The number of aryl methyl sites for hydroxylation is 2. The molecule has 0 spiro atoms. The number of hydrogen-bond donors (Lipinski definition) is 0. The molecule has 1 heteroatoms. The van der Waals surface area contributed by atoms with Crippen molar-refractivity contribution in [1.82, 2.24) is 0 Å². The van der Waals surface area contributed by atoms with Gasteiger partial charge in [-0.25, -0.2) is 4.57 Å². The van der Waals surface area contributed by atoms with Gasteiger partial charge in [0.2, 0.25) is 0 Å². The lowest BCUT2D eigenvalue weighted by atomic mass is 10.1. The van der Waals surface area contributed by atoms with Crippen LogP contribution in [0.1, 0.15) is 36.5 Å². The van der Waals surface area contributed by atoms with Crippen LogP contribution in [0.5, 0.6) is 0 Å². The van der Waals surface area contributed by atoms with Crippen molar-refractivity contribution in [3.05, 3.63) is 65.5 Å². The van der Waals surface area contributed by atoms with Gasteiger partial charge in [-0.05, 0) is 18.1 Å². The molecule has 0 aliphatic heterocycles. The molecule has 2 aromatic rings. The maximum atomic E-state index is 2.24. The molecule has 0 fully saturated rings. The standard InChI is InChI=1S/C18H22N/c1-3-4-13-19-14-11-18(12-15-19)10-9-17-7-5-16(2)6-8-17/h5-12,14-15H,3-4,13H2,1-2H3/q+1. The lowest BCUT2D eigenvalue weighted by Gasteiger charge is -1.97. The van der Waals surface area contributed by atoms with Gasteiger partial charge < -0.3 is 0 Å².